The SMILES string of the molecule is C=CCCCCC[C@H](NC(=O)OC1CCCC1)C(=O)N1C[C@@H](OS(=O)(=O)c2ccc(C)cc2)C[C@H]1C(=O)N[C@]1(C(=O)OC)C[C@H]1C=C. The number of methoxy groups -OCH3 is 1. The molecule has 12 nitrogen and oxygen atoms in total. The molecule has 1 saturated heterocycles. The standard InChI is InChI=1S/C34H47N3O9S/c1-5-7-8-9-10-15-28(35-33(41)45-25-13-11-12-14-25)31(39)37-22-26(46-47(42,43)27-18-16-23(3)17-19-27)20-29(37)30(38)36-34(32(40)44-4)21-24(34)6-2/h5-6,16-19,24-26,28-29H,1-2,7-15,20-22H2,3-4H3,(H,35,41)(H,36,38)/t24-,26+,28+,29+,34-/m1/s1. The molecular formula is C34H47N3O9S. The smallest absolute Gasteiger partial charge is 0.408 e. The number of carbonyl (C=O) groups is 4. The van der Waals surface area contributed by atoms with Crippen LogP contribution in [0.1, 0.15) is 76.2 Å². The number of nitrogens with one attached hydrogen (secondary N) is 2. The highest BCUT2D eigenvalue weighted by molar-refractivity contribution is 7.86. The third-order valence-corrected chi connectivity index (χ3v) is 10.6. The Morgan fingerprint density at radius 2 is 1.77 bits per heavy atom. The summed E-state index contributed by atoms with van der Waals surface area (Å²) in [5, 5.41) is 5.48. The molecule has 0 radical (unpaired) electrons. The zero-order valence-corrected chi connectivity index (χ0v) is 28.1. The van der Waals surface area contributed by atoms with Gasteiger partial charge in [-0.3, -0.25) is 13.8 Å². The summed E-state index contributed by atoms with van der Waals surface area (Å²) in [5.74, 6) is -2.24. The first-order chi connectivity index (χ1) is 22.4. The fourth-order valence-corrected chi connectivity index (χ4v) is 7.47. The molecule has 1 aliphatic heterocycles. The van der Waals surface area contributed by atoms with E-state index in [9.17, 15) is 27.6 Å². The number of likely N-dealkylation sites (tertiary alicyclic amines) is 1. The van der Waals surface area contributed by atoms with Crippen LogP contribution in [0.5, 0.6) is 0 Å². The van der Waals surface area contributed by atoms with Crippen LogP contribution in [0.2, 0.25) is 0 Å². The largest absolute Gasteiger partial charge is 0.467 e. The highest BCUT2D eigenvalue weighted by Crippen LogP contribution is 2.45. The van der Waals surface area contributed by atoms with E-state index < -0.39 is 57.7 Å². The Morgan fingerprint density at radius 3 is 2.38 bits per heavy atom. The van der Waals surface area contributed by atoms with Crippen LogP contribution in [-0.4, -0.2) is 80.7 Å². The molecule has 1 heterocycles. The van der Waals surface area contributed by atoms with Crippen LogP contribution in [0.3, 0.4) is 0 Å². The normalized spacial score (nSPS) is 24.6. The van der Waals surface area contributed by atoms with E-state index in [1.54, 1.807) is 18.2 Å². The summed E-state index contributed by atoms with van der Waals surface area (Å²) in [5.41, 5.74) is -0.464. The van der Waals surface area contributed by atoms with E-state index in [1.165, 1.54) is 24.1 Å². The second-order valence-corrected chi connectivity index (χ2v) is 14.2. The molecule has 3 amide bonds. The lowest BCUT2D eigenvalue weighted by Crippen LogP contribution is -2.56. The Bertz CT molecular complexity index is 1420. The van der Waals surface area contributed by atoms with Crippen molar-refractivity contribution in [2.45, 2.75) is 112 Å². The van der Waals surface area contributed by atoms with E-state index in [-0.39, 0.29) is 42.7 Å². The van der Waals surface area contributed by atoms with Crippen LogP contribution in [0.15, 0.2) is 54.5 Å². The van der Waals surface area contributed by atoms with Gasteiger partial charge in [-0.2, -0.15) is 8.42 Å². The van der Waals surface area contributed by atoms with Crippen molar-refractivity contribution in [3.8, 4) is 0 Å². The molecule has 0 spiro atoms. The molecule has 13 heteroatoms. The lowest BCUT2D eigenvalue weighted by molar-refractivity contribution is -0.148. The van der Waals surface area contributed by atoms with Gasteiger partial charge in [-0.25, -0.2) is 9.59 Å². The van der Waals surface area contributed by atoms with Gasteiger partial charge < -0.3 is 25.0 Å². The van der Waals surface area contributed by atoms with E-state index in [4.69, 9.17) is 13.7 Å². The highest BCUT2D eigenvalue weighted by atomic mass is 32.2. The molecule has 3 fully saturated rings. The number of unbranched alkanes of at least 4 members (excludes halogenated alkanes) is 3. The van der Waals surface area contributed by atoms with Gasteiger partial charge in [0.2, 0.25) is 11.8 Å². The van der Waals surface area contributed by atoms with Gasteiger partial charge in [0.15, 0.2) is 0 Å². The molecule has 0 unspecified atom stereocenters. The Morgan fingerprint density at radius 1 is 1.06 bits per heavy atom. The minimum Gasteiger partial charge on any atom is -0.467 e. The van der Waals surface area contributed by atoms with Crippen molar-refractivity contribution in [3.05, 3.63) is 55.1 Å². The Labute approximate surface area is 277 Å². The molecule has 2 aliphatic carbocycles. The minimum absolute atomic E-state index is 0.0564. The minimum atomic E-state index is -4.24. The summed E-state index contributed by atoms with van der Waals surface area (Å²) in [6.07, 6.45) is 8.25. The topological polar surface area (TPSA) is 157 Å². The van der Waals surface area contributed by atoms with Crippen molar-refractivity contribution in [2.24, 2.45) is 5.92 Å². The fourth-order valence-electron chi connectivity index (χ4n) is 6.39. The lowest BCUT2D eigenvalue weighted by Gasteiger charge is -2.29. The Hall–Kier alpha value is -3.71. The summed E-state index contributed by atoms with van der Waals surface area (Å²) >= 11 is 0. The fraction of sp³-hybridized carbons (Fsp3) is 0.588. The number of aryl methyl sites for hydroxylation is 1. The van der Waals surface area contributed by atoms with E-state index in [0.717, 1.165) is 50.5 Å². The monoisotopic (exact) mass is 673 g/mol. The maximum absolute atomic E-state index is 14.2. The van der Waals surface area contributed by atoms with Crippen molar-refractivity contribution in [1.82, 2.24) is 15.5 Å². The van der Waals surface area contributed by atoms with Crippen LogP contribution < -0.4 is 10.6 Å². The molecular weight excluding hydrogens is 626 g/mol. The third-order valence-electron chi connectivity index (χ3n) is 9.18. The maximum Gasteiger partial charge on any atom is 0.408 e. The first-order valence-corrected chi connectivity index (χ1v) is 17.8. The predicted octanol–water partition coefficient (Wildman–Crippen LogP) is 4.08. The van der Waals surface area contributed by atoms with E-state index in [2.05, 4.69) is 23.8 Å². The zero-order chi connectivity index (χ0) is 34.2. The zero-order valence-electron chi connectivity index (χ0n) is 27.3. The molecule has 2 saturated carbocycles. The Balaban J connectivity index is 1.57. The number of hydrogen-bond donors (Lipinski definition) is 2. The number of carbonyl (C=O) groups excluding carboxylic acids is 4. The molecule has 2 N–H and O–H groups in total. The molecule has 1 aromatic carbocycles. The molecule has 4 rings (SSSR count). The molecule has 3 aliphatic rings. The van der Waals surface area contributed by atoms with Crippen molar-refractivity contribution >= 4 is 34.0 Å². The number of esters is 1. The third kappa shape index (κ3) is 9.01. The number of ether oxygens (including phenoxy) is 2. The van der Waals surface area contributed by atoms with Crippen LogP contribution >= 0.6 is 0 Å². The second kappa shape index (κ2) is 15.9. The molecule has 0 aromatic heterocycles. The van der Waals surface area contributed by atoms with Crippen LogP contribution in [0.25, 0.3) is 0 Å². The Kier molecular flexibility index (Phi) is 12.2. The molecule has 258 valence electrons. The number of nitrogens with zero attached hydrogens (tertiary/aromatic N) is 1. The summed E-state index contributed by atoms with van der Waals surface area (Å²) in [7, 11) is -3.02. The summed E-state index contributed by atoms with van der Waals surface area (Å²) in [6, 6.07) is 3.92. The van der Waals surface area contributed by atoms with Gasteiger partial charge >= 0.3 is 12.1 Å². The van der Waals surface area contributed by atoms with Crippen LogP contribution in [0.4, 0.5) is 4.79 Å². The van der Waals surface area contributed by atoms with Crippen molar-refractivity contribution in [2.75, 3.05) is 13.7 Å². The quantitative estimate of drug-likeness (QED) is 0.114. The molecule has 5 atom stereocenters. The van der Waals surface area contributed by atoms with Gasteiger partial charge in [0.05, 0.1) is 18.1 Å². The van der Waals surface area contributed by atoms with Gasteiger partial charge in [-0.1, -0.05) is 42.7 Å². The number of rotatable bonds is 16. The molecule has 47 heavy (non-hydrogen) atoms. The van der Waals surface area contributed by atoms with Crippen LogP contribution in [-0.2, 0) is 38.2 Å². The van der Waals surface area contributed by atoms with Crippen molar-refractivity contribution < 1.29 is 41.3 Å². The summed E-state index contributed by atoms with van der Waals surface area (Å²) in [4.78, 5) is 54.9. The van der Waals surface area contributed by atoms with Crippen molar-refractivity contribution in [3.63, 3.8) is 0 Å². The van der Waals surface area contributed by atoms with Gasteiger partial charge in [0.25, 0.3) is 10.1 Å². The average molecular weight is 674 g/mol. The van der Waals surface area contributed by atoms with Crippen molar-refractivity contribution in [1.29, 1.82) is 0 Å². The second-order valence-electron chi connectivity index (χ2n) is 12.7. The number of amides is 3. The lowest BCUT2D eigenvalue weighted by atomic mass is 10.0. The first kappa shape index (κ1) is 36.1. The summed E-state index contributed by atoms with van der Waals surface area (Å²) in [6.45, 7) is 9.07. The maximum atomic E-state index is 14.2. The van der Waals surface area contributed by atoms with Crippen LogP contribution in [0, 0.1) is 12.8 Å². The predicted molar refractivity (Wildman–Crippen MR) is 173 cm³/mol. The van der Waals surface area contributed by atoms with E-state index in [1.807, 2.05) is 13.0 Å². The average Bonchev–Trinajstić information content (AvgIpc) is 3.31. The first-order valence-electron chi connectivity index (χ1n) is 16.4. The highest BCUT2D eigenvalue weighted by Gasteiger charge is 2.62. The number of hydrogen-bond acceptors (Lipinski definition) is 9. The number of alkyl carbamates (subject to hydrolysis) is 1. The number of allylic oxidation sites excluding steroid dienone is 1. The van der Waals surface area contributed by atoms with Gasteiger partial charge in [-0.05, 0) is 70.4 Å². The van der Waals surface area contributed by atoms with Gasteiger partial charge in [-0.15, -0.1) is 13.2 Å². The van der Waals surface area contributed by atoms with E-state index in [0.29, 0.717) is 6.42 Å². The van der Waals surface area contributed by atoms with Gasteiger partial charge in [0.1, 0.15) is 23.7 Å². The van der Waals surface area contributed by atoms with E-state index >= 15 is 0 Å². The molecule has 1 aromatic rings. The number of benzene rings is 1. The summed E-state index contributed by atoms with van der Waals surface area (Å²) < 4.78 is 42.5. The molecule has 0 bridgehead atoms. The van der Waals surface area contributed by atoms with Gasteiger partial charge in [0, 0.05) is 18.9 Å².